The highest BCUT2D eigenvalue weighted by molar-refractivity contribution is 4.93. The highest BCUT2D eigenvalue weighted by atomic mass is 13.8. The van der Waals surface area contributed by atoms with Gasteiger partial charge in [0.1, 0.15) is 0 Å². The van der Waals surface area contributed by atoms with Crippen LogP contribution >= 0.6 is 0 Å². The van der Waals surface area contributed by atoms with Crippen molar-refractivity contribution in [2.24, 2.45) is 0 Å². The molecular weight excluding hydrogens is 120 g/mol. The Morgan fingerprint density at radius 1 is 1.20 bits per heavy atom. The first-order valence-electron chi connectivity index (χ1n) is 4.01. The van der Waals surface area contributed by atoms with E-state index in [0.717, 1.165) is 6.42 Å². The first-order valence-corrected chi connectivity index (χ1v) is 4.01. The molecule has 57 valence electrons. The smallest absolute Gasteiger partial charge is 0.0169 e. The van der Waals surface area contributed by atoms with Crippen molar-refractivity contribution >= 4 is 0 Å². The van der Waals surface area contributed by atoms with Crippen LogP contribution in [-0.2, 0) is 0 Å². The van der Waals surface area contributed by atoms with Gasteiger partial charge >= 0.3 is 0 Å². The largest absolute Gasteiger partial charge is 0.0882 e. The quantitative estimate of drug-likeness (QED) is 0.402. The van der Waals surface area contributed by atoms with Crippen molar-refractivity contribution in [1.29, 1.82) is 0 Å². The summed E-state index contributed by atoms with van der Waals surface area (Å²) in [6.07, 6.45) is 13.2. The second-order valence-electron chi connectivity index (χ2n) is 2.32. The van der Waals surface area contributed by atoms with E-state index < -0.39 is 0 Å². The van der Waals surface area contributed by atoms with Crippen molar-refractivity contribution in [3.63, 3.8) is 0 Å². The van der Waals surface area contributed by atoms with Crippen molar-refractivity contribution in [2.75, 3.05) is 0 Å². The van der Waals surface area contributed by atoms with Crippen LogP contribution in [0.25, 0.3) is 0 Å². The molecule has 0 fully saturated rings. The second-order valence-corrected chi connectivity index (χ2v) is 2.32. The van der Waals surface area contributed by atoms with Gasteiger partial charge in [0.15, 0.2) is 0 Å². The maximum atomic E-state index is 3.61. The lowest BCUT2D eigenvalue weighted by Crippen LogP contribution is -1.66. The van der Waals surface area contributed by atoms with E-state index in [9.17, 15) is 0 Å². The number of rotatable bonds is 5. The zero-order valence-electron chi connectivity index (χ0n) is 6.84. The highest BCUT2D eigenvalue weighted by Gasteiger charge is 1.75. The lowest BCUT2D eigenvalue weighted by atomic mass is 10.2. The SMILES string of the molecule is [CH2]/C=C/C/C=C/CCCC. The first-order chi connectivity index (χ1) is 4.91. The molecule has 0 aromatic carbocycles. The van der Waals surface area contributed by atoms with Crippen molar-refractivity contribution in [3.05, 3.63) is 31.2 Å². The average molecular weight is 137 g/mol. The van der Waals surface area contributed by atoms with Crippen LogP contribution in [0.4, 0.5) is 0 Å². The molecular formula is C10H17. The minimum atomic E-state index is 1.03. The van der Waals surface area contributed by atoms with E-state index in [4.69, 9.17) is 0 Å². The molecule has 0 aliphatic carbocycles. The summed E-state index contributed by atoms with van der Waals surface area (Å²) in [6.45, 7) is 5.82. The molecule has 0 spiro atoms. The van der Waals surface area contributed by atoms with E-state index in [-0.39, 0.29) is 0 Å². The van der Waals surface area contributed by atoms with Gasteiger partial charge in [0.25, 0.3) is 0 Å². The van der Waals surface area contributed by atoms with E-state index in [0.29, 0.717) is 0 Å². The molecule has 0 saturated heterocycles. The Morgan fingerprint density at radius 3 is 2.60 bits per heavy atom. The standard InChI is InChI=1S/C10H17/c1-3-5-7-9-10-8-6-4-2/h3,5,9-10H,1,4,6-8H2,2H3/b5-3+,10-9+. The number of hydrogen-bond acceptors (Lipinski definition) is 0. The summed E-state index contributed by atoms with van der Waals surface area (Å²) in [5.41, 5.74) is 0. The predicted octanol–water partition coefficient (Wildman–Crippen LogP) is 3.51. The normalized spacial score (nSPS) is 11.8. The van der Waals surface area contributed by atoms with E-state index in [1.807, 2.05) is 6.08 Å². The van der Waals surface area contributed by atoms with E-state index >= 15 is 0 Å². The van der Waals surface area contributed by atoms with Crippen molar-refractivity contribution < 1.29 is 0 Å². The summed E-state index contributed by atoms with van der Waals surface area (Å²) < 4.78 is 0. The molecule has 0 heteroatoms. The highest BCUT2D eigenvalue weighted by Crippen LogP contribution is 1.96. The molecule has 0 atom stereocenters. The fraction of sp³-hybridized carbons (Fsp3) is 0.500. The molecule has 0 heterocycles. The Kier molecular flexibility index (Phi) is 8.04. The fourth-order valence-corrected chi connectivity index (χ4v) is 0.711. The van der Waals surface area contributed by atoms with Gasteiger partial charge in [0, 0.05) is 0 Å². The van der Waals surface area contributed by atoms with Crippen LogP contribution in [-0.4, -0.2) is 0 Å². The summed E-state index contributed by atoms with van der Waals surface area (Å²) in [5, 5.41) is 0. The van der Waals surface area contributed by atoms with Crippen LogP contribution in [0.2, 0.25) is 0 Å². The molecule has 0 nitrogen and oxygen atoms in total. The number of unbranched alkanes of at least 4 members (excludes halogenated alkanes) is 2. The van der Waals surface area contributed by atoms with Gasteiger partial charge < -0.3 is 0 Å². The van der Waals surface area contributed by atoms with Crippen LogP contribution in [0.3, 0.4) is 0 Å². The lowest BCUT2D eigenvalue weighted by Gasteiger charge is -1.86. The molecule has 1 radical (unpaired) electrons. The molecule has 0 bridgehead atoms. The number of allylic oxidation sites excluding steroid dienone is 4. The van der Waals surface area contributed by atoms with Gasteiger partial charge in [0.05, 0.1) is 0 Å². The zero-order chi connectivity index (χ0) is 7.66. The van der Waals surface area contributed by atoms with Gasteiger partial charge in [-0.2, -0.15) is 0 Å². The van der Waals surface area contributed by atoms with Crippen LogP contribution in [0, 0.1) is 6.92 Å². The fourth-order valence-electron chi connectivity index (χ4n) is 0.711. The van der Waals surface area contributed by atoms with E-state index in [2.05, 4.69) is 32.1 Å². The van der Waals surface area contributed by atoms with Crippen LogP contribution in [0.15, 0.2) is 24.3 Å². The third-order valence-corrected chi connectivity index (χ3v) is 1.33. The minimum Gasteiger partial charge on any atom is -0.0882 e. The third-order valence-electron chi connectivity index (χ3n) is 1.33. The Hall–Kier alpha value is -0.520. The van der Waals surface area contributed by atoms with Gasteiger partial charge in [0.2, 0.25) is 0 Å². The summed E-state index contributed by atoms with van der Waals surface area (Å²) in [6, 6.07) is 0. The molecule has 0 rings (SSSR count). The molecule has 0 aromatic heterocycles. The maximum absolute atomic E-state index is 3.61. The second kappa shape index (κ2) is 8.48. The summed E-state index contributed by atoms with van der Waals surface area (Å²) in [7, 11) is 0. The van der Waals surface area contributed by atoms with Crippen molar-refractivity contribution in [3.8, 4) is 0 Å². The average Bonchev–Trinajstić information content (AvgIpc) is 1.97. The van der Waals surface area contributed by atoms with Gasteiger partial charge in [-0.15, -0.1) is 0 Å². The molecule has 10 heavy (non-hydrogen) atoms. The first kappa shape index (κ1) is 9.48. The van der Waals surface area contributed by atoms with Crippen LogP contribution in [0.5, 0.6) is 0 Å². The maximum Gasteiger partial charge on any atom is -0.0169 e. The molecule has 0 unspecified atom stereocenters. The predicted molar refractivity (Wildman–Crippen MR) is 47.8 cm³/mol. The Morgan fingerprint density at radius 2 is 2.00 bits per heavy atom. The van der Waals surface area contributed by atoms with Gasteiger partial charge in [-0.05, 0) is 19.8 Å². The molecule has 0 aliphatic rings. The van der Waals surface area contributed by atoms with Gasteiger partial charge in [-0.1, -0.05) is 44.1 Å². The molecule has 0 amide bonds. The van der Waals surface area contributed by atoms with Crippen molar-refractivity contribution in [2.45, 2.75) is 32.6 Å². The Labute approximate surface area is 64.6 Å². The monoisotopic (exact) mass is 137 g/mol. The topological polar surface area (TPSA) is 0 Å². The van der Waals surface area contributed by atoms with Gasteiger partial charge in [-0.3, -0.25) is 0 Å². The number of hydrogen-bond donors (Lipinski definition) is 0. The summed E-state index contributed by atoms with van der Waals surface area (Å²) >= 11 is 0. The van der Waals surface area contributed by atoms with Crippen LogP contribution in [0.1, 0.15) is 32.6 Å². The third kappa shape index (κ3) is 7.48. The molecule has 0 N–H and O–H groups in total. The minimum absolute atomic E-state index is 1.03. The van der Waals surface area contributed by atoms with Crippen molar-refractivity contribution in [1.82, 2.24) is 0 Å². The summed E-state index contributed by atoms with van der Waals surface area (Å²) in [4.78, 5) is 0. The molecule has 0 aromatic rings. The Balaban J connectivity index is 3.04. The zero-order valence-corrected chi connectivity index (χ0v) is 6.84. The summed E-state index contributed by atoms with van der Waals surface area (Å²) in [5.74, 6) is 0. The van der Waals surface area contributed by atoms with E-state index in [1.54, 1.807) is 0 Å². The molecule has 0 aliphatic heterocycles. The lowest BCUT2D eigenvalue weighted by molar-refractivity contribution is 0.813. The van der Waals surface area contributed by atoms with E-state index in [1.165, 1.54) is 19.3 Å². The van der Waals surface area contributed by atoms with Crippen LogP contribution < -0.4 is 0 Å². The van der Waals surface area contributed by atoms with Gasteiger partial charge in [-0.25, -0.2) is 0 Å². The molecule has 0 saturated carbocycles. The Bertz CT molecular complexity index is 98.6.